The van der Waals surface area contributed by atoms with Gasteiger partial charge in [-0.25, -0.2) is 19.4 Å². The Kier molecular flexibility index (Phi) is 11.5. The van der Waals surface area contributed by atoms with Crippen molar-refractivity contribution in [2.24, 2.45) is 0 Å². The Morgan fingerprint density at radius 3 is 2.54 bits per heavy atom. The lowest BCUT2D eigenvalue weighted by atomic mass is 10.1. The number of hydrogen-bond acceptors (Lipinski definition) is 9. The Balaban J connectivity index is 1.31. The van der Waals surface area contributed by atoms with Gasteiger partial charge >= 0.3 is 18.2 Å². The standard InChI is InChI=1S/C37H44ClN5O7/c1-37(2,3)50-35(46)41(4)19-18-27-15-17-33(44)43(27)30-16-14-25(38)20-28(30)29-12-9-13-32(40-29)39-26-21-31(34(45)48-5)42(22-26)36(47)49-23-24-10-7-6-8-11-24/h6-14,16,20,26-27,31H,15,17-19,21-23H2,1-5H3,(H,39,40)/t26-,27?,31-/m0/s1. The van der Waals surface area contributed by atoms with Gasteiger partial charge in [0.05, 0.1) is 18.5 Å². The average molecular weight is 706 g/mol. The van der Waals surface area contributed by atoms with Crippen LogP contribution in [0.3, 0.4) is 0 Å². The molecule has 5 rings (SSSR count). The normalized spacial score (nSPS) is 18.9. The van der Waals surface area contributed by atoms with E-state index in [9.17, 15) is 19.2 Å². The number of hydrogen-bond donors (Lipinski definition) is 1. The molecule has 0 aliphatic carbocycles. The second-order valence-corrected chi connectivity index (χ2v) is 14.0. The number of likely N-dealkylation sites (tertiary alicyclic amines) is 1. The number of ether oxygens (including phenoxy) is 3. The molecule has 50 heavy (non-hydrogen) atoms. The summed E-state index contributed by atoms with van der Waals surface area (Å²) in [6.45, 7) is 6.15. The molecule has 0 radical (unpaired) electrons. The summed E-state index contributed by atoms with van der Waals surface area (Å²) in [6.07, 6.45) is 0.855. The number of carbonyl (C=O) groups excluding carboxylic acids is 4. The van der Waals surface area contributed by atoms with Crippen LogP contribution in [0, 0.1) is 0 Å². The Morgan fingerprint density at radius 2 is 1.82 bits per heavy atom. The SMILES string of the molecule is COC(=O)[C@@H]1C[C@H](Nc2cccc(-c3cc(Cl)ccc3N3C(=O)CCC3CCN(C)C(=O)OC(C)(C)C)n2)CN1C(=O)OCc1ccccc1. The highest BCUT2D eigenvalue weighted by Gasteiger charge is 2.41. The largest absolute Gasteiger partial charge is 0.467 e. The van der Waals surface area contributed by atoms with Gasteiger partial charge < -0.3 is 29.3 Å². The summed E-state index contributed by atoms with van der Waals surface area (Å²) in [4.78, 5) is 61.2. The minimum Gasteiger partial charge on any atom is -0.467 e. The molecule has 3 amide bonds. The molecule has 0 spiro atoms. The van der Waals surface area contributed by atoms with E-state index in [-0.39, 0.29) is 31.1 Å². The van der Waals surface area contributed by atoms with Gasteiger partial charge in [0.25, 0.3) is 0 Å². The van der Waals surface area contributed by atoms with Gasteiger partial charge in [-0.1, -0.05) is 48.0 Å². The third-order valence-corrected chi connectivity index (χ3v) is 8.87. The third kappa shape index (κ3) is 9.03. The zero-order chi connectivity index (χ0) is 36.0. The van der Waals surface area contributed by atoms with Gasteiger partial charge in [0.15, 0.2) is 0 Å². The summed E-state index contributed by atoms with van der Waals surface area (Å²) in [6, 6.07) is 18.9. The summed E-state index contributed by atoms with van der Waals surface area (Å²) in [5, 5.41) is 3.85. The lowest BCUT2D eigenvalue weighted by Gasteiger charge is -2.29. The average Bonchev–Trinajstić information content (AvgIpc) is 3.68. The predicted octanol–water partition coefficient (Wildman–Crippen LogP) is 6.52. The van der Waals surface area contributed by atoms with E-state index in [1.165, 1.54) is 16.9 Å². The molecule has 2 aliphatic heterocycles. The fourth-order valence-electron chi connectivity index (χ4n) is 6.22. The molecule has 2 aromatic carbocycles. The second-order valence-electron chi connectivity index (χ2n) is 13.5. The highest BCUT2D eigenvalue weighted by Crippen LogP contribution is 2.38. The Labute approximate surface area is 297 Å². The lowest BCUT2D eigenvalue weighted by Crippen LogP contribution is -2.41. The van der Waals surface area contributed by atoms with Gasteiger partial charge in [0.1, 0.15) is 24.1 Å². The minimum absolute atomic E-state index is 0.0215. The van der Waals surface area contributed by atoms with E-state index in [0.717, 1.165) is 5.56 Å². The van der Waals surface area contributed by atoms with Gasteiger partial charge in [0, 0.05) is 55.6 Å². The Bertz CT molecular complexity index is 1700. The van der Waals surface area contributed by atoms with Gasteiger partial charge in [0.2, 0.25) is 5.91 Å². The van der Waals surface area contributed by atoms with Gasteiger partial charge in [-0.3, -0.25) is 9.69 Å². The van der Waals surface area contributed by atoms with E-state index in [0.29, 0.717) is 60.0 Å². The molecule has 3 heterocycles. The number of amides is 3. The predicted molar refractivity (Wildman–Crippen MR) is 190 cm³/mol. The van der Waals surface area contributed by atoms with Crippen LogP contribution in [-0.4, -0.2) is 89.8 Å². The summed E-state index contributed by atoms with van der Waals surface area (Å²) >= 11 is 6.49. The molecule has 1 N–H and O–H groups in total. The summed E-state index contributed by atoms with van der Waals surface area (Å²) in [7, 11) is 2.98. The summed E-state index contributed by atoms with van der Waals surface area (Å²) in [5.74, 6) is -0.0324. The van der Waals surface area contributed by atoms with Crippen molar-refractivity contribution in [3.63, 3.8) is 0 Å². The molecule has 0 bridgehead atoms. The number of benzene rings is 2. The quantitative estimate of drug-likeness (QED) is 0.185. The number of nitrogens with zero attached hydrogens (tertiary/aromatic N) is 4. The number of anilines is 2. The number of carbonyl (C=O) groups is 4. The molecule has 266 valence electrons. The highest BCUT2D eigenvalue weighted by atomic mass is 35.5. The van der Waals surface area contributed by atoms with Crippen LogP contribution in [0.15, 0.2) is 66.7 Å². The lowest BCUT2D eigenvalue weighted by molar-refractivity contribution is -0.145. The van der Waals surface area contributed by atoms with Crippen LogP contribution in [0.2, 0.25) is 5.02 Å². The third-order valence-electron chi connectivity index (χ3n) is 8.64. The van der Waals surface area contributed by atoms with Crippen LogP contribution >= 0.6 is 11.6 Å². The Morgan fingerprint density at radius 1 is 1.06 bits per heavy atom. The van der Waals surface area contributed by atoms with Crippen LogP contribution < -0.4 is 10.2 Å². The van der Waals surface area contributed by atoms with E-state index in [2.05, 4.69) is 5.32 Å². The van der Waals surface area contributed by atoms with Crippen molar-refractivity contribution in [1.29, 1.82) is 0 Å². The second kappa shape index (κ2) is 15.8. The number of aromatic nitrogens is 1. The van der Waals surface area contributed by atoms with Crippen molar-refractivity contribution in [1.82, 2.24) is 14.8 Å². The molecule has 2 aliphatic rings. The van der Waals surface area contributed by atoms with E-state index in [1.54, 1.807) is 30.1 Å². The molecule has 3 atom stereocenters. The zero-order valence-electron chi connectivity index (χ0n) is 29.1. The fourth-order valence-corrected chi connectivity index (χ4v) is 6.40. The first-order chi connectivity index (χ1) is 23.8. The first kappa shape index (κ1) is 36.4. The number of esters is 1. The number of rotatable bonds is 10. The van der Waals surface area contributed by atoms with Gasteiger partial charge in [-0.05, 0) is 69.5 Å². The maximum absolute atomic E-state index is 13.3. The van der Waals surface area contributed by atoms with Crippen molar-refractivity contribution in [2.45, 2.75) is 76.8 Å². The summed E-state index contributed by atoms with van der Waals surface area (Å²) in [5.41, 5.74) is 2.15. The van der Waals surface area contributed by atoms with Crippen LogP contribution in [0.5, 0.6) is 0 Å². The number of halogens is 1. The van der Waals surface area contributed by atoms with Crippen LogP contribution in [-0.2, 0) is 30.4 Å². The fraction of sp³-hybridized carbons (Fsp3) is 0.432. The molecule has 0 saturated carbocycles. The highest BCUT2D eigenvalue weighted by molar-refractivity contribution is 6.31. The minimum atomic E-state index is -0.823. The number of methoxy groups -OCH3 is 1. The zero-order valence-corrected chi connectivity index (χ0v) is 29.8. The first-order valence-electron chi connectivity index (χ1n) is 16.7. The first-order valence-corrected chi connectivity index (χ1v) is 17.1. The van der Waals surface area contributed by atoms with Crippen molar-refractivity contribution >= 4 is 47.2 Å². The van der Waals surface area contributed by atoms with Crippen LogP contribution in [0.4, 0.5) is 21.1 Å². The molecule has 1 aromatic heterocycles. The van der Waals surface area contributed by atoms with E-state index >= 15 is 0 Å². The van der Waals surface area contributed by atoms with Crippen molar-refractivity contribution < 1.29 is 33.4 Å². The van der Waals surface area contributed by atoms with Crippen LogP contribution in [0.25, 0.3) is 11.3 Å². The molecule has 2 saturated heterocycles. The van der Waals surface area contributed by atoms with E-state index in [1.807, 2.05) is 69.3 Å². The summed E-state index contributed by atoms with van der Waals surface area (Å²) < 4.78 is 16.0. The topological polar surface area (TPSA) is 131 Å². The molecular formula is C37H44ClN5O7. The van der Waals surface area contributed by atoms with Gasteiger partial charge in [-0.2, -0.15) is 0 Å². The smallest absolute Gasteiger partial charge is 0.410 e. The molecule has 13 heteroatoms. The monoisotopic (exact) mass is 705 g/mol. The Hall–Kier alpha value is -4.84. The van der Waals surface area contributed by atoms with E-state index in [4.69, 9.17) is 30.8 Å². The van der Waals surface area contributed by atoms with E-state index < -0.39 is 29.8 Å². The molecule has 2 fully saturated rings. The number of nitrogens with one attached hydrogen (secondary N) is 1. The van der Waals surface area contributed by atoms with Crippen molar-refractivity contribution in [3.05, 3.63) is 77.3 Å². The van der Waals surface area contributed by atoms with Crippen LogP contribution in [0.1, 0.15) is 52.0 Å². The maximum Gasteiger partial charge on any atom is 0.410 e. The maximum atomic E-state index is 13.3. The number of pyridine rings is 1. The van der Waals surface area contributed by atoms with Crippen molar-refractivity contribution in [2.75, 3.05) is 37.5 Å². The molecule has 12 nitrogen and oxygen atoms in total. The molecule has 3 aromatic rings. The van der Waals surface area contributed by atoms with Crippen molar-refractivity contribution in [3.8, 4) is 11.3 Å². The molecular weight excluding hydrogens is 662 g/mol. The van der Waals surface area contributed by atoms with Gasteiger partial charge in [-0.15, -0.1) is 0 Å². The molecule has 1 unspecified atom stereocenters.